The van der Waals surface area contributed by atoms with Gasteiger partial charge in [-0.2, -0.15) is 0 Å². The minimum atomic E-state index is -0.204. The van der Waals surface area contributed by atoms with Crippen molar-refractivity contribution in [2.45, 2.75) is 123 Å². The zero-order valence-corrected chi connectivity index (χ0v) is 37.6. The van der Waals surface area contributed by atoms with Crippen molar-refractivity contribution in [3.05, 3.63) is 149 Å². The van der Waals surface area contributed by atoms with E-state index in [0.29, 0.717) is 10.7 Å². The lowest BCUT2D eigenvalue weighted by Crippen LogP contribution is -2.27. The molecule has 0 aromatic heterocycles. The lowest BCUT2D eigenvalue weighted by molar-refractivity contribution is 0.0640. The average Bonchev–Trinajstić information content (AvgIpc) is 3.28. The normalized spacial score (nSPS) is 14.7. The SMILES string of the molecule is CCCCC1(OC)C=CC(=Cc2ccccc2)C=C1.CCCCCCCCOc1ccc(C=Nc2ccc(N=Cc3ccc(OCCCCCCCC)cc3)c(Cl)c2)cc1. The molecule has 0 heterocycles. The van der Waals surface area contributed by atoms with Crippen molar-refractivity contribution in [3.63, 3.8) is 0 Å². The molecule has 5 rings (SSSR count). The molecular formula is C54H69ClN2O3. The maximum absolute atomic E-state index is 6.51. The molecule has 0 atom stereocenters. The third kappa shape index (κ3) is 18.7. The van der Waals surface area contributed by atoms with Crippen LogP contribution in [0.25, 0.3) is 6.08 Å². The van der Waals surface area contributed by atoms with E-state index in [4.69, 9.17) is 25.8 Å². The summed E-state index contributed by atoms with van der Waals surface area (Å²) in [7, 11) is 1.79. The third-order valence-corrected chi connectivity index (χ3v) is 10.8. The predicted octanol–water partition coefficient (Wildman–Crippen LogP) is 16.1. The monoisotopic (exact) mass is 828 g/mol. The summed E-state index contributed by atoms with van der Waals surface area (Å²) in [5.41, 5.74) is 5.74. The van der Waals surface area contributed by atoms with Crippen molar-refractivity contribution < 1.29 is 14.2 Å². The maximum atomic E-state index is 6.51. The second-order valence-corrected chi connectivity index (χ2v) is 15.9. The molecule has 0 fully saturated rings. The Morgan fingerprint density at radius 3 is 1.58 bits per heavy atom. The predicted molar refractivity (Wildman–Crippen MR) is 259 cm³/mol. The van der Waals surface area contributed by atoms with Gasteiger partial charge < -0.3 is 14.2 Å². The summed E-state index contributed by atoms with van der Waals surface area (Å²) >= 11 is 6.51. The minimum absolute atomic E-state index is 0.204. The Hall–Kier alpha value is -4.71. The lowest BCUT2D eigenvalue weighted by atomic mass is 9.90. The highest BCUT2D eigenvalue weighted by Gasteiger charge is 2.24. The van der Waals surface area contributed by atoms with Crippen LogP contribution in [0.4, 0.5) is 11.4 Å². The van der Waals surface area contributed by atoms with Crippen molar-refractivity contribution in [2.24, 2.45) is 9.98 Å². The first-order valence-electron chi connectivity index (χ1n) is 22.5. The van der Waals surface area contributed by atoms with Gasteiger partial charge in [0.1, 0.15) is 17.1 Å². The van der Waals surface area contributed by atoms with Crippen molar-refractivity contribution in [3.8, 4) is 11.5 Å². The quantitative estimate of drug-likeness (QED) is 0.0494. The van der Waals surface area contributed by atoms with Crippen LogP contribution in [0.15, 0.2) is 137 Å². The molecule has 0 unspecified atom stereocenters. The van der Waals surface area contributed by atoms with Gasteiger partial charge in [0.25, 0.3) is 0 Å². The van der Waals surface area contributed by atoms with E-state index in [1.54, 1.807) is 7.11 Å². The molecule has 0 N–H and O–H groups in total. The van der Waals surface area contributed by atoms with Gasteiger partial charge in [0.15, 0.2) is 0 Å². The topological polar surface area (TPSA) is 52.4 Å². The average molecular weight is 830 g/mol. The van der Waals surface area contributed by atoms with E-state index < -0.39 is 0 Å². The Bertz CT molecular complexity index is 1900. The van der Waals surface area contributed by atoms with Crippen LogP contribution < -0.4 is 9.47 Å². The van der Waals surface area contributed by atoms with Crippen LogP contribution in [0.1, 0.15) is 134 Å². The van der Waals surface area contributed by atoms with Crippen molar-refractivity contribution in [2.75, 3.05) is 20.3 Å². The number of halogens is 1. The van der Waals surface area contributed by atoms with Crippen LogP contribution in [0.3, 0.4) is 0 Å². The largest absolute Gasteiger partial charge is 0.494 e. The lowest BCUT2D eigenvalue weighted by Gasteiger charge is -2.28. The third-order valence-electron chi connectivity index (χ3n) is 10.5. The summed E-state index contributed by atoms with van der Waals surface area (Å²) in [6, 6.07) is 32.1. The van der Waals surface area contributed by atoms with Crippen molar-refractivity contribution >= 4 is 41.5 Å². The first-order chi connectivity index (χ1) is 29.5. The summed E-state index contributed by atoms with van der Waals surface area (Å²) in [5, 5.41) is 0.563. The summed E-state index contributed by atoms with van der Waals surface area (Å²) < 4.78 is 17.4. The standard InChI is InChI=1S/C36H47ClN2O2.C18H22O/c1-3-5-7-9-11-13-25-40-33-20-15-30(16-21-33)28-38-32-19-24-36(35(37)27-32)39-29-31-17-22-34(23-18-31)41-26-14-12-10-8-6-4-2;1-3-4-12-18(19-2)13-10-17(11-14-18)15-16-8-6-5-7-9-16/h15-24,27-29H,3-14,25-26H2,1-2H3;5-11,13-15H,3-4,12H2,1-2H3. The first-order valence-corrected chi connectivity index (χ1v) is 22.9. The highest BCUT2D eigenvalue weighted by atomic mass is 35.5. The summed E-state index contributed by atoms with van der Waals surface area (Å²) in [5.74, 6) is 1.79. The summed E-state index contributed by atoms with van der Waals surface area (Å²) in [4.78, 5) is 9.15. The van der Waals surface area contributed by atoms with Gasteiger partial charge >= 0.3 is 0 Å². The molecule has 1 aliphatic rings. The molecule has 0 spiro atoms. The van der Waals surface area contributed by atoms with Crippen LogP contribution in [0.5, 0.6) is 11.5 Å². The zero-order valence-electron chi connectivity index (χ0n) is 36.8. The van der Waals surface area contributed by atoms with Gasteiger partial charge in [0.05, 0.1) is 29.6 Å². The first kappa shape index (κ1) is 48.0. The Morgan fingerprint density at radius 1 is 0.550 bits per heavy atom. The molecule has 0 saturated heterocycles. The van der Waals surface area contributed by atoms with Gasteiger partial charge in [0.2, 0.25) is 0 Å². The highest BCUT2D eigenvalue weighted by molar-refractivity contribution is 6.33. The molecule has 60 heavy (non-hydrogen) atoms. The number of nitrogens with zero attached hydrogens (tertiary/aromatic N) is 2. The van der Waals surface area contributed by atoms with Crippen LogP contribution in [0, 0.1) is 0 Å². The van der Waals surface area contributed by atoms with Crippen LogP contribution in [-0.4, -0.2) is 38.4 Å². The Morgan fingerprint density at radius 2 is 1.07 bits per heavy atom. The molecule has 320 valence electrons. The summed E-state index contributed by atoms with van der Waals surface area (Å²) in [6.45, 7) is 8.23. The second-order valence-electron chi connectivity index (χ2n) is 15.5. The van der Waals surface area contributed by atoms with Crippen LogP contribution in [0.2, 0.25) is 5.02 Å². The molecule has 0 amide bonds. The van der Waals surface area contributed by atoms with Gasteiger partial charge in [0, 0.05) is 19.5 Å². The van der Waals surface area contributed by atoms with E-state index in [1.165, 1.54) is 88.2 Å². The molecule has 4 aromatic carbocycles. The highest BCUT2D eigenvalue weighted by Crippen LogP contribution is 2.30. The second kappa shape index (κ2) is 28.7. The molecule has 0 radical (unpaired) electrons. The molecule has 5 nitrogen and oxygen atoms in total. The number of methoxy groups -OCH3 is 1. The Labute approximate surface area is 367 Å². The number of allylic oxidation sites excluding steroid dienone is 3. The van der Waals surface area contributed by atoms with Gasteiger partial charge in [-0.3, -0.25) is 9.98 Å². The number of benzene rings is 4. The molecule has 1 aliphatic carbocycles. The summed E-state index contributed by atoms with van der Waals surface area (Å²) in [6.07, 6.45) is 33.1. The van der Waals surface area contributed by atoms with Gasteiger partial charge in [-0.1, -0.05) is 152 Å². The zero-order chi connectivity index (χ0) is 42.5. The molecule has 6 heteroatoms. The van der Waals surface area contributed by atoms with Crippen molar-refractivity contribution in [1.29, 1.82) is 0 Å². The van der Waals surface area contributed by atoms with Crippen LogP contribution >= 0.6 is 11.6 Å². The fourth-order valence-corrected chi connectivity index (χ4v) is 6.92. The fourth-order valence-electron chi connectivity index (χ4n) is 6.70. The molecule has 4 aromatic rings. The molecule has 0 saturated carbocycles. The smallest absolute Gasteiger partial charge is 0.119 e. The number of ether oxygens (including phenoxy) is 3. The Balaban J connectivity index is 0.000000347. The number of aliphatic imine (C=N–C) groups is 2. The molecule has 0 aliphatic heterocycles. The van der Waals surface area contributed by atoms with Crippen molar-refractivity contribution in [1.82, 2.24) is 0 Å². The number of hydrogen-bond donors (Lipinski definition) is 0. The van der Waals surface area contributed by atoms with E-state index in [-0.39, 0.29) is 5.60 Å². The minimum Gasteiger partial charge on any atom is -0.494 e. The van der Waals surface area contributed by atoms with E-state index >= 15 is 0 Å². The van der Waals surface area contributed by atoms with Gasteiger partial charge in [-0.05, 0) is 126 Å². The maximum Gasteiger partial charge on any atom is 0.119 e. The van der Waals surface area contributed by atoms with E-state index in [1.807, 2.05) is 85.2 Å². The van der Waals surface area contributed by atoms with E-state index in [2.05, 4.69) is 85.4 Å². The van der Waals surface area contributed by atoms with E-state index in [0.717, 1.165) is 60.8 Å². The van der Waals surface area contributed by atoms with Gasteiger partial charge in [-0.15, -0.1) is 0 Å². The number of hydrogen-bond acceptors (Lipinski definition) is 5. The van der Waals surface area contributed by atoms with E-state index in [9.17, 15) is 0 Å². The Kier molecular flexibility index (Phi) is 22.9. The number of unbranched alkanes of at least 4 members (excludes halogenated alkanes) is 11. The molecule has 0 bridgehead atoms. The van der Waals surface area contributed by atoms with Crippen LogP contribution in [-0.2, 0) is 4.74 Å². The molecular weight excluding hydrogens is 760 g/mol. The fraction of sp³-hybridized carbons (Fsp3) is 0.407. The van der Waals surface area contributed by atoms with Gasteiger partial charge in [-0.25, -0.2) is 0 Å². The number of rotatable bonds is 25.